The molecule has 5 nitrogen and oxygen atoms in total. The molecule has 0 aliphatic rings. The number of carbonyl (C=O) groups is 1. The minimum Gasteiger partial charge on any atom is -0.466 e. The lowest BCUT2D eigenvalue weighted by Crippen LogP contribution is -2.28. The van der Waals surface area contributed by atoms with Gasteiger partial charge in [0.1, 0.15) is 0 Å². The maximum absolute atomic E-state index is 12.4. The van der Waals surface area contributed by atoms with Crippen molar-refractivity contribution in [3.05, 3.63) is 60.2 Å². The van der Waals surface area contributed by atoms with Gasteiger partial charge in [-0.05, 0) is 48.7 Å². The van der Waals surface area contributed by atoms with Gasteiger partial charge in [-0.2, -0.15) is 0 Å². The summed E-state index contributed by atoms with van der Waals surface area (Å²) in [5, 5.41) is 18.9. The van der Waals surface area contributed by atoms with Crippen LogP contribution >= 0.6 is 0 Å². The van der Waals surface area contributed by atoms with E-state index in [9.17, 15) is 9.82 Å². The lowest BCUT2D eigenvalue weighted by molar-refractivity contribution is -0.151. The molecule has 0 heterocycles. The van der Waals surface area contributed by atoms with E-state index in [1.165, 1.54) is 11.1 Å². The van der Waals surface area contributed by atoms with Crippen LogP contribution in [0.1, 0.15) is 18.9 Å². The molecule has 0 spiro atoms. The minimum absolute atomic E-state index is 0.0829. The molecule has 2 atom stereocenters. The van der Waals surface area contributed by atoms with Crippen molar-refractivity contribution in [3.8, 4) is 11.1 Å². The van der Waals surface area contributed by atoms with Gasteiger partial charge >= 0.3 is 5.97 Å². The van der Waals surface area contributed by atoms with Crippen molar-refractivity contribution >= 4 is 12.9 Å². The molecule has 0 aromatic heterocycles. The zero-order valence-corrected chi connectivity index (χ0v) is 18.0. The van der Waals surface area contributed by atoms with E-state index in [2.05, 4.69) is 36.4 Å². The fraction of sp³-hybridized carbons (Fsp3) is 0.458. The number of esters is 1. The van der Waals surface area contributed by atoms with Gasteiger partial charge in [-0.3, -0.25) is 4.79 Å². The highest BCUT2D eigenvalue weighted by atomic mass is 16.5. The molecule has 0 unspecified atom stereocenters. The fourth-order valence-corrected chi connectivity index (χ4v) is 3.73. The van der Waals surface area contributed by atoms with Crippen molar-refractivity contribution in [1.29, 1.82) is 0 Å². The Bertz CT molecular complexity index is 733. The van der Waals surface area contributed by atoms with E-state index in [0.717, 1.165) is 12.0 Å². The van der Waals surface area contributed by atoms with Gasteiger partial charge in [0.05, 0.1) is 32.3 Å². The molecule has 2 rings (SSSR count). The van der Waals surface area contributed by atoms with Crippen LogP contribution in [0.2, 0.25) is 13.1 Å². The molecule has 0 fully saturated rings. The summed E-state index contributed by atoms with van der Waals surface area (Å²) in [6.07, 6.45) is 1.92. The standard InChI is InChI=1S/C24H33BO5/c1-3-30-24(27)23(18-29-14-13-26)16-20(17-25(2)28)15-19-9-11-22(12-10-19)21-7-5-4-6-8-21/h4-12,20,23,26,28H,3,13-18H2,1-2H3/t20-,23+/m1/s1. The van der Waals surface area contributed by atoms with E-state index in [1.807, 2.05) is 18.2 Å². The van der Waals surface area contributed by atoms with E-state index in [4.69, 9.17) is 14.6 Å². The molecule has 0 amide bonds. The molecule has 0 saturated carbocycles. The van der Waals surface area contributed by atoms with E-state index >= 15 is 0 Å². The maximum Gasteiger partial charge on any atom is 0.311 e. The normalized spacial score (nSPS) is 12.9. The summed E-state index contributed by atoms with van der Waals surface area (Å²) in [6, 6.07) is 18.7. The highest BCUT2D eigenvalue weighted by Crippen LogP contribution is 2.26. The van der Waals surface area contributed by atoms with Crippen molar-refractivity contribution < 1.29 is 24.4 Å². The average molecular weight is 412 g/mol. The third kappa shape index (κ3) is 8.30. The van der Waals surface area contributed by atoms with E-state index in [-0.39, 0.29) is 31.7 Å². The number of ether oxygens (including phenoxy) is 2. The first kappa shape index (κ1) is 24.1. The number of benzene rings is 2. The number of rotatable bonds is 13. The molecule has 6 heteroatoms. The Morgan fingerprint density at radius 1 is 1.07 bits per heavy atom. The van der Waals surface area contributed by atoms with Crippen LogP contribution in [-0.4, -0.2) is 49.4 Å². The van der Waals surface area contributed by atoms with Crippen molar-refractivity contribution in [2.75, 3.05) is 26.4 Å². The van der Waals surface area contributed by atoms with Crippen molar-refractivity contribution in [2.45, 2.75) is 32.9 Å². The van der Waals surface area contributed by atoms with Crippen LogP contribution in [0, 0.1) is 11.8 Å². The molecule has 2 aromatic rings. The van der Waals surface area contributed by atoms with Gasteiger partial charge in [0, 0.05) is 0 Å². The monoisotopic (exact) mass is 412 g/mol. The lowest BCUT2D eigenvalue weighted by atomic mass is 9.62. The van der Waals surface area contributed by atoms with E-state index < -0.39 is 12.8 Å². The summed E-state index contributed by atoms with van der Waals surface area (Å²) < 4.78 is 10.6. The topological polar surface area (TPSA) is 76.0 Å². The molecule has 0 saturated heterocycles. The Hall–Kier alpha value is -2.15. The number of carbonyl (C=O) groups excluding carboxylic acids is 1. The summed E-state index contributed by atoms with van der Waals surface area (Å²) >= 11 is 0. The van der Waals surface area contributed by atoms with Gasteiger partial charge in [-0.25, -0.2) is 0 Å². The molecule has 0 bridgehead atoms. The molecule has 0 radical (unpaired) electrons. The Labute approximate surface area is 180 Å². The molecule has 162 valence electrons. The van der Waals surface area contributed by atoms with Gasteiger partial charge in [-0.15, -0.1) is 0 Å². The summed E-state index contributed by atoms with van der Waals surface area (Å²) in [4.78, 5) is 12.4. The Morgan fingerprint density at radius 3 is 2.33 bits per heavy atom. The molecule has 2 aromatic carbocycles. The van der Waals surface area contributed by atoms with E-state index in [1.54, 1.807) is 13.7 Å². The largest absolute Gasteiger partial charge is 0.466 e. The molecule has 0 aliphatic carbocycles. The van der Waals surface area contributed by atoms with E-state index in [0.29, 0.717) is 19.3 Å². The van der Waals surface area contributed by atoms with Gasteiger partial charge in [0.2, 0.25) is 0 Å². The summed E-state index contributed by atoms with van der Waals surface area (Å²) in [5.41, 5.74) is 3.50. The van der Waals surface area contributed by atoms with Gasteiger partial charge in [0.25, 0.3) is 6.92 Å². The average Bonchev–Trinajstić information content (AvgIpc) is 2.74. The molecule has 2 N–H and O–H groups in total. The number of aliphatic hydroxyl groups excluding tert-OH is 1. The zero-order valence-electron chi connectivity index (χ0n) is 18.0. The molecule has 0 aliphatic heterocycles. The summed E-state index contributed by atoms with van der Waals surface area (Å²) in [5.74, 6) is -0.589. The second-order valence-corrected chi connectivity index (χ2v) is 7.70. The van der Waals surface area contributed by atoms with Gasteiger partial charge < -0.3 is 19.6 Å². The summed E-state index contributed by atoms with van der Waals surface area (Å²) in [7, 11) is 0. The van der Waals surface area contributed by atoms with Crippen molar-refractivity contribution in [2.24, 2.45) is 11.8 Å². The van der Waals surface area contributed by atoms with Crippen LogP contribution in [0.15, 0.2) is 54.6 Å². The predicted octanol–water partition coefficient (Wildman–Crippen LogP) is 3.70. The maximum atomic E-state index is 12.4. The molecular formula is C24H33BO5. The second-order valence-electron chi connectivity index (χ2n) is 7.70. The molecular weight excluding hydrogens is 379 g/mol. The zero-order chi connectivity index (χ0) is 21.8. The second kappa shape index (κ2) is 13.2. The first-order valence-corrected chi connectivity index (χ1v) is 10.7. The number of hydrogen-bond donors (Lipinski definition) is 2. The SMILES string of the molecule is CCOC(=O)[C@H](COCCO)C[C@H](CB(C)O)Cc1ccc(-c2ccccc2)cc1. The smallest absolute Gasteiger partial charge is 0.311 e. The van der Waals surface area contributed by atoms with Crippen LogP contribution in [0.25, 0.3) is 11.1 Å². The Morgan fingerprint density at radius 2 is 1.73 bits per heavy atom. The lowest BCUT2D eigenvalue weighted by Gasteiger charge is -2.23. The first-order chi connectivity index (χ1) is 14.5. The molecule has 30 heavy (non-hydrogen) atoms. The van der Waals surface area contributed by atoms with Gasteiger partial charge in [0.15, 0.2) is 0 Å². The van der Waals surface area contributed by atoms with Crippen molar-refractivity contribution in [1.82, 2.24) is 0 Å². The van der Waals surface area contributed by atoms with Crippen LogP contribution in [0.5, 0.6) is 0 Å². The first-order valence-electron chi connectivity index (χ1n) is 10.7. The third-order valence-electron chi connectivity index (χ3n) is 5.05. The Kier molecular flexibility index (Phi) is 10.6. The van der Waals surface area contributed by atoms with Gasteiger partial charge in [-0.1, -0.05) is 61.4 Å². The Balaban J connectivity index is 2.08. The quantitative estimate of drug-likeness (QED) is 0.298. The summed E-state index contributed by atoms with van der Waals surface area (Å²) in [6.45, 7) is 3.73. The highest BCUT2D eigenvalue weighted by molar-refractivity contribution is 6.48. The van der Waals surface area contributed by atoms with Crippen LogP contribution in [0.4, 0.5) is 0 Å². The number of aliphatic hydroxyl groups is 1. The van der Waals surface area contributed by atoms with Crippen LogP contribution in [-0.2, 0) is 20.7 Å². The fourth-order valence-electron chi connectivity index (χ4n) is 3.73. The van der Waals surface area contributed by atoms with Crippen LogP contribution in [0.3, 0.4) is 0 Å². The predicted molar refractivity (Wildman–Crippen MR) is 120 cm³/mol. The number of hydrogen-bond acceptors (Lipinski definition) is 5. The van der Waals surface area contributed by atoms with Crippen molar-refractivity contribution in [3.63, 3.8) is 0 Å². The minimum atomic E-state index is -0.459. The van der Waals surface area contributed by atoms with Crippen LogP contribution < -0.4 is 0 Å². The third-order valence-corrected chi connectivity index (χ3v) is 5.05. The highest BCUT2D eigenvalue weighted by Gasteiger charge is 2.26.